The van der Waals surface area contributed by atoms with Crippen molar-refractivity contribution >= 4 is 10.0 Å². The van der Waals surface area contributed by atoms with Crippen LogP contribution >= 0.6 is 0 Å². The first-order valence-electron chi connectivity index (χ1n) is 4.28. The van der Waals surface area contributed by atoms with Crippen molar-refractivity contribution in [1.82, 2.24) is 10.0 Å². The van der Waals surface area contributed by atoms with Crippen LogP contribution < -0.4 is 10.0 Å². The van der Waals surface area contributed by atoms with E-state index in [1.807, 2.05) is 0 Å². The molecular formula is C7H15FN2O2S. The molecule has 0 spiro atoms. The molecule has 6 heteroatoms. The molecule has 13 heavy (non-hydrogen) atoms. The van der Waals surface area contributed by atoms with Gasteiger partial charge in [0.2, 0.25) is 10.0 Å². The van der Waals surface area contributed by atoms with Crippen LogP contribution in [0.15, 0.2) is 0 Å². The summed E-state index contributed by atoms with van der Waals surface area (Å²) in [6.07, 6.45) is 0.655. The van der Waals surface area contributed by atoms with Crippen molar-refractivity contribution < 1.29 is 12.8 Å². The lowest BCUT2D eigenvalue weighted by Crippen LogP contribution is -2.43. The molecule has 0 radical (unpaired) electrons. The standard InChI is InChI=1S/C7H15FN2O2S/c1-13(11,12)10-5-6-4-9-3-2-7(6)8/h6-7,9-10H,2-5H2,1H3. The van der Waals surface area contributed by atoms with Gasteiger partial charge in [-0.25, -0.2) is 17.5 Å². The maximum atomic E-state index is 13.1. The highest BCUT2D eigenvalue weighted by molar-refractivity contribution is 7.88. The summed E-state index contributed by atoms with van der Waals surface area (Å²) in [4.78, 5) is 0. The Morgan fingerprint density at radius 3 is 2.85 bits per heavy atom. The van der Waals surface area contributed by atoms with Crippen molar-refractivity contribution in [3.8, 4) is 0 Å². The van der Waals surface area contributed by atoms with E-state index in [0.29, 0.717) is 19.5 Å². The van der Waals surface area contributed by atoms with Crippen molar-refractivity contribution in [3.05, 3.63) is 0 Å². The zero-order valence-corrected chi connectivity index (χ0v) is 8.40. The quantitative estimate of drug-likeness (QED) is 0.659. The number of hydrogen-bond acceptors (Lipinski definition) is 3. The van der Waals surface area contributed by atoms with Crippen LogP contribution in [0.2, 0.25) is 0 Å². The number of piperidine rings is 1. The molecule has 0 bridgehead atoms. The summed E-state index contributed by atoms with van der Waals surface area (Å²) in [7, 11) is -3.19. The summed E-state index contributed by atoms with van der Waals surface area (Å²) in [5.41, 5.74) is 0. The van der Waals surface area contributed by atoms with E-state index < -0.39 is 16.2 Å². The minimum Gasteiger partial charge on any atom is -0.316 e. The third kappa shape index (κ3) is 4.02. The molecule has 0 aromatic carbocycles. The first-order chi connectivity index (χ1) is 5.99. The van der Waals surface area contributed by atoms with Crippen LogP contribution in [-0.2, 0) is 10.0 Å². The maximum Gasteiger partial charge on any atom is 0.208 e. The fraction of sp³-hybridized carbons (Fsp3) is 1.00. The van der Waals surface area contributed by atoms with E-state index in [-0.39, 0.29) is 12.5 Å². The number of alkyl halides is 1. The lowest BCUT2D eigenvalue weighted by Gasteiger charge is -2.26. The molecule has 0 aliphatic carbocycles. The molecule has 2 unspecified atom stereocenters. The maximum absolute atomic E-state index is 13.1. The van der Waals surface area contributed by atoms with Crippen LogP contribution in [0.5, 0.6) is 0 Å². The van der Waals surface area contributed by atoms with Crippen molar-refractivity contribution in [1.29, 1.82) is 0 Å². The summed E-state index contributed by atoms with van der Waals surface area (Å²) in [6, 6.07) is 0. The first-order valence-corrected chi connectivity index (χ1v) is 6.17. The lowest BCUT2D eigenvalue weighted by atomic mass is 9.98. The molecule has 1 aliphatic heterocycles. The van der Waals surface area contributed by atoms with E-state index in [9.17, 15) is 12.8 Å². The number of hydrogen-bond donors (Lipinski definition) is 2. The van der Waals surface area contributed by atoms with Gasteiger partial charge in [0.1, 0.15) is 6.17 Å². The van der Waals surface area contributed by atoms with Crippen LogP contribution in [-0.4, -0.2) is 40.5 Å². The van der Waals surface area contributed by atoms with Crippen molar-refractivity contribution in [2.24, 2.45) is 5.92 Å². The number of nitrogens with one attached hydrogen (secondary N) is 2. The normalized spacial score (nSPS) is 30.3. The Hall–Kier alpha value is -0.200. The second-order valence-electron chi connectivity index (χ2n) is 3.39. The molecule has 78 valence electrons. The van der Waals surface area contributed by atoms with Crippen LogP contribution in [0.1, 0.15) is 6.42 Å². The van der Waals surface area contributed by atoms with E-state index in [1.165, 1.54) is 0 Å². The van der Waals surface area contributed by atoms with E-state index in [2.05, 4.69) is 10.0 Å². The Balaban J connectivity index is 2.35. The monoisotopic (exact) mass is 210 g/mol. The molecule has 1 heterocycles. The van der Waals surface area contributed by atoms with Crippen LogP contribution in [0.25, 0.3) is 0 Å². The van der Waals surface area contributed by atoms with Gasteiger partial charge in [0, 0.05) is 19.0 Å². The van der Waals surface area contributed by atoms with Crippen molar-refractivity contribution in [2.75, 3.05) is 25.9 Å². The fourth-order valence-corrected chi connectivity index (χ4v) is 1.87. The van der Waals surface area contributed by atoms with Gasteiger partial charge >= 0.3 is 0 Å². The smallest absolute Gasteiger partial charge is 0.208 e. The van der Waals surface area contributed by atoms with Gasteiger partial charge in [-0.1, -0.05) is 0 Å². The van der Waals surface area contributed by atoms with Gasteiger partial charge in [-0.3, -0.25) is 0 Å². The van der Waals surface area contributed by atoms with Gasteiger partial charge < -0.3 is 5.32 Å². The van der Waals surface area contributed by atoms with E-state index in [4.69, 9.17) is 0 Å². The van der Waals surface area contributed by atoms with Crippen LogP contribution in [0.4, 0.5) is 4.39 Å². The van der Waals surface area contributed by atoms with Crippen LogP contribution in [0, 0.1) is 5.92 Å². The van der Waals surface area contributed by atoms with Crippen molar-refractivity contribution in [3.63, 3.8) is 0 Å². The molecule has 1 saturated heterocycles. The zero-order chi connectivity index (χ0) is 9.90. The highest BCUT2D eigenvalue weighted by atomic mass is 32.2. The van der Waals surface area contributed by atoms with Gasteiger partial charge in [0.15, 0.2) is 0 Å². The topological polar surface area (TPSA) is 58.2 Å². The van der Waals surface area contributed by atoms with Gasteiger partial charge in [0.25, 0.3) is 0 Å². The minimum atomic E-state index is -3.19. The van der Waals surface area contributed by atoms with Crippen LogP contribution in [0.3, 0.4) is 0 Å². The molecule has 1 fully saturated rings. The fourth-order valence-electron chi connectivity index (χ4n) is 1.35. The molecule has 0 amide bonds. The lowest BCUT2D eigenvalue weighted by molar-refractivity contribution is 0.180. The predicted molar refractivity (Wildman–Crippen MR) is 48.7 cm³/mol. The van der Waals surface area contributed by atoms with E-state index in [1.54, 1.807) is 0 Å². The number of sulfonamides is 1. The predicted octanol–water partition coefficient (Wildman–Crippen LogP) is -0.517. The largest absolute Gasteiger partial charge is 0.316 e. The molecule has 1 aliphatic rings. The first kappa shape index (κ1) is 10.9. The third-order valence-corrected chi connectivity index (χ3v) is 2.81. The summed E-state index contributed by atoms with van der Waals surface area (Å²) >= 11 is 0. The Morgan fingerprint density at radius 1 is 1.62 bits per heavy atom. The molecule has 1 rings (SSSR count). The van der Waals surface area contributed by atoms with Gasteiger partial charge in [-0.2, -0.15) is 0 Å². The molecule has 2 atom stereocenters. The van der Waals surface area contributed by atoms with Gasteiger partial charge in [0.05, 0.1) is 6.26 Å². The Morgan fingerprint density at radius 2 is 2.31 bits per heavy atom. The van der Waals surface area contributed by atoms with Crippen molar-refractivity contribution in [2.45, 2.75) is 12.6 Å². The minimum absolute atomic E-state index is 0.188. The second-order valence-corrected chi connectivity index (χ2v) is 5.22. The molecule has 0 aromatic rings. The Kier molecular flexibility index (Phi) is 3.63. The van der Waals surface area contributed by atoms with Gasteiger partial charge in [-0.15, -0.1) is 0 Å². The molecule has 4 nitrogen and oxygen atoms in total. The number of rotatable bonds is 3. The summed E-state index contributed by atoms with van der Waals surface area (Å²) in [5, 5.41) is 3.03. The summed E-state index contributed by atoms with van der Waals surface area (Å²) in [6.45, 7) is 1.41. The molecule has 0 saturated carbocycles. The highest BCUT2D eigenvalue weighted by Gasteiger charge is 2.24. The average Bonchev–Trinajstić information content (AvgIpc) is 2.01. The Labute approximate surface area is 77.9 Å². The SMILES string of the molecule is CS(=O)(=O)NCC1CNCCC1F. The molecule has 2 N–H and O–H groups in total. The molecule has 0 aromatic heterocycles. The third-order valence-electron chi connectivity index (χ3n) is 2.12. The van der Waals surface area contributed by atoms with E-state index in [0.717, 1.165) is 6.26 Å². The average molecular weight is 210 g/mol. The zero-order valence-electron chi connectivity index (χ0n) is 7.59. The van der Waals surface area contributed by atoms with E-state index >= 15 is 0 Å². The number of halogens is 1. The summed E-state index contributed by atoms with van der Waals surface area (Å²) < 4.78 is 36.9. The Bertz CT molecular complexity index is 255. The van der Waals surface area contributed by atoms with Gasteiger partial charge in [-0.05, 0) is 13.0 Å². The highest BCUT2D eigenvalue weighted by Crippen LogP contribution is 2.13. The summed E-state index contributed by atoms with van der Waals surface area (Å²) in [5.74, 6) is -0.233. The molecular weight excluding hydrogens is 195 g/mol. The second kappa shape index (κ2) is 4.34.